The van der Waals surface area contributed by atoms with E-state index in [0.29, 0.717) is 5.56 Å². The van der Waals surface area contributed by atoms with Gasteiger partial charge in [0, 0.05) is 19.3 Å². The summed E-state index contributed by atoms with van der Waals surface area (Å²) >= 11 is 0. The molecular formula is C12H16N2O2. The summed E-state index contributed by atoms with van der Waals surface area (Å²) in [6.07, 6.45) is 4.14. The molecule has 1 heterocycles. The van der Waals surface area contributed by atoms with E-state index in [9.17, 15) is 4.79 Å². The lowest BCUT2D eigenvalue weighted by Gasteiger charge is -2.21. The van der Waals surface area contributed by atoms with E-state index in [1.165, 1.54) is 18.9 Å². The van der Waals surface area contributed by atoms with Crippen molar-refractivity contribution in [2.45, 2.75) is 19.8 Å². The number of carboxylic acids is 1. The summed E-state index contributed by atoms with van der Waals surface area (Å²) in [6.45, 7) is 3.93. The van der Waals surface area contributed by atoms with E-state index in [1.54, 1.807) is 12.3 Å². The molecule has 1 aliphatic carbocycles. The first kappa shape index (κ1) is 10.9. The summed E-state index contributed by atoms with van der Waals surface area (Å²) in [6, 6.07) is 3.17. The van der Waals surface area contributed by atoms with E-state index < -0.39 is 5.97 Å². The number of hydrogen-bond acceptors (Lipinski definition) is 3. The number of rotatable bonds is 5. The molecule has 1 N–H and O–H groups in total. The Labute approximate surface area is 94.9 Å². The zero-order valence-corrected chi connectivity index (χ0v) is 9.39. The van der Waals surface area contributed by atoms with Crippen molar-refractivity contribution in [3.8, 4) is 0 Å². The van der Waals surface area contributed by atoms with Gasteiger partial charge in [0.15, 0.2) is 0 Å². The zero-order chi connectivity index (χ0) is 11.5. The van der Waals surface area contributed by atoms with Gasteiger partial charge in [0.2, 0.25) is 0 Å². The first-order valence-corrected chi connectivity index (χ1v) is 5.65. The highest BCUT2D eigenvalue weighted by atomic mass is 16.4. The van der Waals surface area contributed by atoms with Crippen LogP contribution in [0.5, 0.6) is 0 Å². The number of anilines is 1. The van der Waals surface area contributed by atoms with Crippen LogP contribution in [-0.4, -0.2) is 29.1 Å². The standard InChI is InChI=1S/C12H16N2O2/c1-2-14(8-9-3-4-9)11-7-10(12(15)16)5-6-13-11/h5-7,9H,2-4,8H2,1H3,(H,15,16). The van der Waals surface area contributed by atoms with Gasteiger partial charge in [-0.25, -0.2) is 9.78 Å². The third kappa shape index (κ3) is 2.51. The number of aromatic nitrogens is 1. The predicted molar refractivity (Wildman–Crippen MR) is 61.8 cm³/mol. The Bertz CT molecular complexity index is 388. The molecule has 1 aromatic heterocycles. The molecule has 0 aliphatic heterocycles. The number of pyridine rings is 1. The maximum Gasteiger partial charge on any atom is 0.335 e. The second-order valence-corrected chi connectivity index (χ2v) is 4.19. The minimum Gasteiger partial charge on any atom is -0.478 e. The second-order valence-electron chi connectivity index (χ2n) is 4.19. The van der Waals surface area contributed by atoms with Gasteiger partial charge in [-0.2, -0.15) is 0 Å². The third-order valence-electron chi connectivity index (χ3n) is 2.87. The van der Waals surface area contributed by atoms with Crippen LogP contribution in [0.1, 0.15) is 30.1 Å². The zero-order valence-electron chi connectivity index (χ0n) is 9.39. The van der Waals surface area contributed by atoms with Crippen molar-refractivity contribution in [2.75, 3.05) is 18.0 Å². The van der Waals surface area contributed by atoms with Gasteiger partial charge >= 0.3 is 5.97 Å². The van der Waals surface area contributed by atoms with Gasteiger partial charge in [0.05, 0.1) is 5.56 Å². The van der Waals surface area contributed by atoms with Crippen LogP contribution in [0.2, 0.25) is 0 Å². The smallest absolute Gasteiger partial charge is 0.335 e. The van der Waals surface area contributed by atoms with Gasteiger partial charge in [-0.3, -0.25) is 0 Å². The maximum atomic E-state index is 10.9. The van der Waals surface area contributed by atoms with Crippen LogP contribution >= 0.6 is 0 Å². The molecule has 0 amide bonds. The first-order valence-electron chi connectivity index (χ1n) is 5.65. The summed E-state index contributed by atoms with van der Waals surface area (Å²) in [5.74, 6) is 0.649. The van der Waals surface area contributed by atoms with Crippen molar-refractivity contribution < 1.29 is 9.90 Å². The summed E-state index contributed by atoms with van der Waals surface area (Å²) in [7, 11) is 0. The molecule has 4 heteroatoms. The Kier molecular flexibility index (Phi) is 3.08. The van der Waals surface area contributed by atoms with Crippen LogP contribution in [0.15, 0.2) is 18.3 Å². The monoisotopic (exact) mass is 220 g/mol. The lowest BCUT2D eigenvalue weighted by molar-refractivity contribution is 0.0697. The minimum absolute atomic E-state index is 0.305. The molecule has 0 radical (unpaired) electrons. The fraction of sp³-hybridized carbons (Fsp3) is 0.500. The van der Waals surface area contributed by atoms with Gasteiger partial charge in [-0.05, 0) is 37.8 Å². The predicted octanol–water partition coefficient (Wildman–Crippen LogP) is 2.02. The van der Waals surface area contributed by atoms with Crippen molar-refractivity contribution in [3.63, 3.8) is 0 Å². The number of carboxylic acid groups (broad SMARTS) is 1. The number of aromatic carboxylic acids is 1. The SMILES string of the molecule is CCN(CC1CC1)c1cc(C(=O)O)ccn1. The van der Waals surface area contributed by atoms with Gasteiger partial charge < -0.3 is 10.0 Å². The molecule has 0 spiro atoms. The second kappa shape index (κ2) is 4.51. The highest BCUT2D eigenvalue weighted by molar-refractivity contribution is 5.88. The largest absolute Gasteiger partial charge is 0.478 e. The van der Waals surface area contributed by atoms with E-state index in [0.717, 1.165) is 24.8 Å². The highest BCUT2D eigenvalue weighted by Gasteiger charge is 2.24. The summed E-state index contributed by atoms with van der Waals surface area (Å²) in [5, 5.41) is 8.91. The molecular weight excluding hydrogens is 204 g/mol. The number of hydrogen-bond donors (Lipinski definition) is 1. The Hall–Kier alpha value is -1.58. The van der Waals surface area contributed by atoms with Gasteiger partial charge in [-0.1, -0.05) is 0 Å². The third-order valence-corrected chi connectivity index (χ3v) is 2.87. The van der Waals surface area contributed by atoms with E-state index in [4.69, 9.17) is 5.11 Å². The van der Waals surface area contributed by atoms with Crippen molar-refractivity contribution >= 4 is 11.8 Å². The van der Waals surface area contributed by atoms with Gasteiger partial charge in [0.25, 0.3) is 0 Å². The Morgan fingerprint density at radius 3 is 2.94 bits per heavy atom. The van der Waals surface area contributed by atoms with Crippen LogP contribution in [-0.2, 0) is 0 Å². The van der Waals surface area contributed by atoms with Crippen molar-refractivity contribution in [3.05, 3.63) is 23.9 Å². The lowest BCUT2D eigenvalue weighted by Crippen LogP contribution is -2.26. The highest BCUT2D eigenvalue weighted by Crippen LogP contribution is 2.30. The summed E-state index contributed by atoms with van der Waals surface area (Å²) in [5.41, 5.74) is 0.305. The molecule has 0 aromatic carbocycles. The van der Waals surface area contributed by atoms with E-state index in [1.807, 2.05) is 0 Å². The number of nitrogens with zero attached hydrogens (tertiary/aromatic N) is 2. The Morgan fingerprint density at radius 1 is 1.62 bits per heavy atom. The summed E-state index contributed by atoms with van der Waals surface area (Å²) in [4.78, 5) is 17.2. The quantitative estimate of drug-likeness (QED) is 0.824. The Morgan fingerprint density at radius 2 is 2.38 bits per heavy atom. The first-order chi connectivity index (χ1) is 7.70. The van der Waals surface area contributed by atoms with Crippen LogP contribution in [0.3, 0.4) is 0 Å². The van der Waals surface area contributed by atoms with Crippen LogP contribution in [0, 0.1) is 5.92 Å². The minimum atomic E-state index is -0.897. The fourth-order valence-electron chi connectivity index (χ4n) is 1.72. The van der Waals surface area contributed by atoms with E-state index in [2.05, 4.69) is 16.8 Å². The molecule has 1 fully saturated rings. The molecule has 1 saturated carbocycles. The average molecular weight is 220 g/mol. The molecule has 1 aliphatic rings. The van der Waals surface area contributed by atoms with E-state index >= 15 is 0 Å². The molecule has 4 nitrogen and oxygen atoms in total. The fourth-order valence-corrected chi connectivity index (χ4v) is 1.72. The van der Waals surface area contributed by atoms with Crippen LogP contribution in [0.25, 0.3) is 0 Å². The van der Waals surface area contributed by atoms with E-state index in [-0.39, 0.29) is 0 Å². The van der Waals surface area contributed by atoms with Gasteiger partial charge in [-0.15, -0.1) is 0 Å². The molecule has 1 aromatic rings. The molecule has 0 unspecified atom stereocenters. The van der Waals surface area contributed by atoms with Crippen molar-refractivity contribution in [1.29, 1.82) is 0 Å². The van der Waals surface area contributed by atoms with Crippen molar-refractivity contribution in [2.24, 2.45) is 5.92 Å². The molecule has 2 rings (SSSR count). The Balaban J connectivity index is 2.15. The lowest BCUT2D eigenvalue weighted by atomic mass is 10.2. The number of carbonyl (C=O) groups is 1. The van der Waals surface area contributed by atoms with Crippen molar-refractivity contribution in [1.82, 2.24) is 4.98 Å². The molecule has 86 valence electrons. The molecule has 16 heavy (non-hydrogen) atoms. The topological polar surface area (TPSA) is 53.4 Å². The molecule has 0 atom stereocenters. The maximum absolute atomic E-state index is 10.9. The van der Waals surface area contributed by atoms with Gasteiger partial charge in [0.1, 0.15) is 5.82 Å². The van der Waals surface area contributed by atoms with Crippen LogP contribution in [0.4, 0.5) is 5.82 Å². The van der Waals surface area contributed by atoms with Crippen LogP contribution < -0.4 is 4.90 Å². The normalized spacial score (nSPS) is 14.8. The molecule has 0 bridgehead atoms. The average Bonchev–Trinajstić information content (AvgIpc) is 3.10. The molecule has 0 saturated heterocycles. The summed E-state index contributed by atoms with van der Waals surface area (Å²) < 4.78 is 0.